The fourth-order valence-electron chi connectivity index (χ4n) is 7.24. The molecule has 0 N–H and O–H groups in total. The molecule has 0 atom stereocenters. The van der Waals surface area contributed by atoms with Crippen LogP contribution < -0.4 is 0 Å². The summed E-state index contributed by atoms with van der Waals surface area (Å²) in [6.07, 6.45) is 0. The van der Waals surface area contributed by atoms with Crippen LogP contribution in [0.4, 0.5) is 0 Å². The van der Waals surface area contributed by atoms with Crippen molar-refractivity contribution >= 4 is 116 Å². The number of rotatable bonds is 2. The molecule has 11 aromatic rings. The van der Waals surface area contributed by atoms with E-state index in [1.165, 1.54) is 61.2 Å². The van der Waals surface area contributed by atoms with Gasteiger partial charge in [-0.2, -0.15) is 0 Å². The predicted molar refractivity (Wildman–Crippen MR) is 200 cm³/mol. The molecule has 0 amide bonds. The molecule has 0 aliphatic rings. The van der Waals surface area contributed by atoms with E-state index in [0.29, 0.717) is 5.95 Å². The Labute approximate surface area is 274 Å². The Bertz CT molecular complexity index is 3050. The SMILES string of the molecule is c1ccc2c(c1)sc1ccc(-c3nc(-n4c5ccccc5c5c6c(ccc54)sc4ccccc46)nc4c3sc3ccccc34)cc12. The third kappa shape index (κ3) is 3.35. The topological polar surface area (TPSA) is 30.7 Å². The van der Waals surface area contributed by atoms with Crippen molar-refractivity contribution < 1.29 is 0 Å². The van der Waals surface area contributed by atoms with Gasteiger partial charge in [0, 0.05) is 66.8 Å². The van der Waals surface area contributed by atoms with Crippen molar-refractivity contribution in [3.05, 3.63) is 127 Å². The molecule has 5 heterocycles. The van der Waals surface area contributed by atoms with Crippen LogP contribution in [0.25, 0.3) is 99.7 Å². The molecule has 0 unspecified atom stereocenters. The van der Waals surface area contributed by atoms with Gasteiger partial charge < -0.3 is 0 Å². The van der Waals surface area contributed by atoms with Gasteiger partial charge in [-0.3, -0.25) is 4.57 Å². The lowest BCUT2D eigenvalue weighted by Crippen LogP contribution is -2.02. The smallest absolute Gasteiger partial charge is 0.235 e. The van der Waals surface area contributed by atoms with Crippen molar-refractivity contribution in [2.75, 3.05) is 0 Å². The zero-order valence-corrected chi connectivity index (χ0v) is 26.6. The standard InChI is InChI=1S/C40H21N3S3/c1-5-13-28-24(10-1)35-29(18-20-34-36(35)25-11-3-7-15-31(25)45-34)43(28)40-41-37(39-38(42-40)26-12-4-8-16-32(26)46-39)22-17-19-33-27(21-22)23-9-2-6-14-30(23)44-33/h1-21H. The molecule has 0 saturated carbocycles. The Kier molecular flexibility index (Phi) is 5.02. The molecule has 6 heteroatoms. The van der Waals surface area contributed by atoms with Gasteiger partial charge in [-0.1, -0.05) is 78.9 Å². The molecule has 214 valence electrons. The quantitative estimate of drug-likeness (QED) is 0.188. The molecule has 5 aromatic heterocycles. The maximum absolute atomic E-state index is 5.48. The molecule has 0 bridgehead atoms. The van der Waals surface area contributed by atoms with E-state index >= 15 is 0 Å². The van der Waals surface area contributed by atoms with Crippen LogP contribution in [-0.2, 0) is 0 Å². The second-order valence-corrected chi connectivity index (χ2v) is 15.0. The van der Waals surface area contributed by atoms with E-state index in [0.717, 1.165) is 32.5 Å². The first-order chi connectivity index (χ1) is 22.8. The van der Waals surface area contributed by atoms with Crippen molar-refractivity contribution in [3.63, 3.8) is 0 Å². The van der Waals surface area contributed by atoms with Gasteiger partial charge in [-0.25, -0.2) is 9.97 Å². The summed E-state index contributed by atoms with van der Waals surface area (Å²) in [6, 6.07) is 46.1. The normalized spacial score (nSPS) is 12.3. The number of nitrogens with zero attached hydrogens (tertiary/aromatic N) is 3. The Morgan fingerprint density at radius 3 is 1.91 bits per heavy atom. The van der Waals surface area contributed by atoms with Crippen LogP contribution in [0.5, 0.6) is 0 Å². The third-order valence-electron chi connectivity index (χ3n) is 9.23. The summed E-state index contributed by atoms with van der Waals surface area (Å²) in [7, 11) is 0. The van der Waals surface area contributed by atoms with Crippen LogP contribution in [0.1, 0.15) is 0 Å². The van der Waals surface area contributed by atoms with Crippen LogP contribution in [0.15, 0.2) is 127 Å². The molecule has 0 fully saturated rings. The fourth-order valence-corrected chi connectivity index (χ4v) is 10.6. The summed E-state index contributed by atoms with van der Waals surface area (Å²) in [5.74, 6) is 0.700. The minimum absolute atomic E-state index is 0.700. The summed E-state index contributed by atoms with van der Waals surface area (Å²) in [6.45, 7) is 0. The average Bonchev–Trinajstić information content (AvgIpc) is 3.86. The summed E-state index contributed by atoms with van der Waals surface area (Å²) >= 11 is 5.49. The molecule has 0 aliphatic carbocycles. The number of fused-ring (bicyclic) bond motifs is 13. The largest absolute Gasteiger partial charge is 0.278 e. The van der Waals surface area contributed by atoms with Gasteiger partial charge in [0.2, 0.25) is 5.95 Å². The fraction of sp³-hybridized carbons (Fsp3) is 0. The number of aromatic nitrogens is 3. The van der Waals surface area contributed by atoms with Crippen molar-refractivity contribution in [1.82, 2.24) is 14.5 Å². The number of benzene rings is 6. The van der Waals surface area contributed by atoms with Gasteiger partial charge in [0.25, 0.3) is 0 Å². The number of para-hydroxylation sites is 1. The van der Waals surface area contributed by atoms with Gasteiger partial charge in [0.15, 0.2) is 0 Å². The van der Waals surface area contributed by atoms with E-state index in [2.05, 4.69) is 132 Å². The van der Waals surface area contributed by atoms with Gasteiger partial charge in [0.05, 0.1) is 26.9 Å². The highest BCUT2D eigenvalue weighted by Crippen LogP contribution is 2.45. The van der Waals surface area contributed by atoms with Crippen LogP contribution in [0, 0.1) is 0 Å². The highest BCUT2D eigenvalue weighted by molar-refractivity contribution is 7.27. The van der Waals surface area contributed by atoms with Gasteiger partial charge in [-0.05, 0) is 48.5 Å². The molecule has 0 radical (unpaired) electrons. The van der Waals surface area contributed by atoms with Crippen LogP contribution in [0.2, 0.25) is 0 Å². The van der Waals surface area contributed by atoms with E-state index in [4.69, 9.17) is 9.97 Å². The maximum atomic E-state index is 5.48. The Hall–Kier alpha value is -5.14. The average molecular weight is 640 g/mol. The third-order valence-corrected chi connectivity index (χ3v) is 12.7. The number of thiophene rings is 3. The Morgan fingerprint density at radius 1 is 0.435 bits per heavy atom. The zero-order valence-electron chi connectivity index (χ0n) is 24.2. The molecule has 0 saturated heterocycles. The highest BCUT2D eigenvalue weighted by atomic mass is 32.1. The van der Waals surface area contributed by atoms with Crippen molar-refractivity contribution in [1.29, 1.82) is 0 Å². The van der Waals surface area contributed by atoms with Crippen LogP contribution >= 0.6 is 34.0 Å². The molecular weight excluding hydrogens is 619 g/mol. The summed E-state index contributed by atoms with van der Waals surface area (Å²) in [4.78, 5) is 10.9. The number of hydrogen-bond donors (Lipinski definition) is 0. The van der Waals surface area contributed by atoms with Crippen molar-refractivity contribution in [2.24, 2.45) is 0 Å². The molecule has 11 rings (SSSR count). The lowest BCUT2D eigenvalue weighted by molar-refractivity contribution is 1.02. The van der Waals surface area contributed by atoms with Crippen molar-refractivity contribution in [3.8, 4) is 17.2 Å². The molecule has 3 nitrogen and oxygen atoms in total. The zero-order chi connectivity index (χ0) is 29.9. The highest BCUT2D eigenvalue weighted by Gasteiger charge is 2.22. The molecule has 0 spiro atoms. The second-order valence-electron chi connectivity index (χ2n) is 11.7. The van der Waals surface area contributed by atoms with Gasteiger partial charge in [-0.15, -0.1) is 34.0 Å². The van der Waals surface area contributed by atoms with Gasteiger partial charge >= 0.3 is 0 Å². The number of hydrogen-bond acceptors (Lipinski definition) is 5. The van der Waals surface area contributed by atoms with E-state index in [1.807, 2.05) is 22.7 Å². The van der Waals surface area contributed by atoms with E-state index in [1.54, 1.807) is 11.3 Å². The van der Waals surface area contributed by atoms with E-state index in [-0.39, 0.29) is 0 Å². The van der Waals surface area contributed by atoms with Crippen LogP contribution in [-0.4, -0.2) is 14.5 Å². The Morgan fingerprint density at radius 2 is 1.07 bits per heavy atom. The monoisotopic (exact) mass is 639 g/mol. The summed E-state index contributed by atoms with van der Waals surface area (Å²) in [5.41, 5.74) is 5.34. The summed E-state index contributed by atoms with van der Waals surface area (Å²) < 4.78 is 9.84. The van der Waals surface area contributed by atoms with Crippen LogP contribution in [0.3, 0.4) is 0 Å². The minimum atomic E-state index is 0.700. The lowest BCUT2D eigenvalue weighted by atomic mass is 10.1. The first-order valence-corrected chi connectivity index (χ1v) is 17.7. The molecule has 6 aromatic carbocycles. The maximum Gasteiger partial charge on any atom is 0.235 e. The second kappa shape index (κ2) is 9.21. The molecule has 46 heavy (non-hydrogen) atoms. The van der Waals surface area contributed by atoms with Crippen molar-refractivity contribution in [2.45, 2.75) is 0 Å². The van der Waals surface area contributed by atoms with E-state index < -0.39 is 0 Å². The molecule has 0 aliphatic heterocycles. The first kappa shape index (κ1) is 25.1. The first-order valence-electron chi connectivity index (χ1n) is 15.2. The Balaban J connectivity index is 1.28. The molecular formula is C40H21N3S3. The predicted octanol–water partition coefficient (Wildman–Crippen LogP) is 12.3. The summed E-state index contributed by atoms with van der Waals surface area (Å²) in [5, 5.41) is 8.83. The van der Waals surface area contributed by atoms with E-state index in [9.17, 15) is 0 Å². The van der Waals surface area contributed by atoms with Gasteiger partial charge in [0.1, 0.15) is 0 Å². The minimum Gasteiger partial charge on any atom is -0.278 e. The lowest BCUT2D eigenvalue weighted by Gasteiger charge is -2.10.